The Bertz CT molecular complexity index is 918. The van der Waals surface area contributed by atoms with E-state index in [2.05, 4.69) is 15.1 Å². The zero-order chi connectivity index (χ0) is 17.9. The van der Waals surface area contributed by atoms with E-state index in [1.165, 1.54) is 22.7 Å². The lowest BCUT2D eigenvalue weighted by atomic mass is 10.3. The summed E-state index contributed by atoms with van der Waals surface area (Å²) in [5.41, 5.74) is 0.583. The van der Waals surface area contributed by atoms with Gasteiger partial charge in [-0.05, 0) is 17.9 Å². The number of amides is 1. The summed E-state index contributed by atoms with van der Waals surface area (Å²) in [7, 11) is 0. The van der Waals surface area contributed by atoms with Crippen LogP contribution in [0.1, 0.15) is 24.4 Å². The molecule has 26 heavy (non-hydrogen) atoms. The number of hydrogen-bond donors (Lipinski definition) is 0. The first kappa shape index (κ1) is 16.9. The van der Waals surface area contributed by atoms with Crippen LogP contribution < -0.4 is 4.90 Å². The van der Waals surface area contributed by atoms with E-state index in [0.29, 0.717) is 29.6 Å². The quantitative estimate of drug-likeness (QED) is 0.597. The van der Waals surface area contributed by atoms with E-state index in [0.717, 1.165) is 11.3 Å². The minimum absolute atomic E-state index is 0.0322. The van der Waals surface area contributed by atoms with Crippen LogP contribution in [0.25, 0.3) is 10.7 Å². The smallest absolute Gasteiger partial charge is 0.312 e. The van der Waals surface area contributed by atoms with Crippen molar-refractivity contribution in [2.24, 2.45) is 0 Å². The van der Waals surface area contributed by atoms with Crippen molar-refractivity contribution < 1.29 is 18.8 Å². The first-order valence-electron chi connectivity index (χ1n) is 7.96. The maximum atomic E-state index is 12.0. The van der Waals surface area contributed by atoms with E-state index < -0.39 is 5.97 Å². The molecular weight excluding hydrogens is 376 g/mol. The Kier molecular flexibility index (Phi) is 4.76. The number of esters is 1. The molecule has 1 amide bonds. The first-order chi connectivity index (χ1) is 12.7. The third-order valence-electron chi connectivity index (χ3n) is 3.74. The Balaban J connectivity index is 1.30. The number of thiazole rings is 1. The van der Waals surface area contributed by atoms with Crippen LogP contribution in [0.2, 0.25) is 0 Å². The fraction of sp³-hybridized carbons (Fsp3) is 0.312. The SMILES string of the molecule is O=C(Cc1csc(N2CCCC2=O)n1)OCc1nc(-c2cccs2)no1. The topological polar surface area (TPSA) is 98.4 Å². The van der Waals surface area contributed by atoms with E-state index in [9.17, 15) is 9.59 Å². The molecule has 0 aliphatic carbocycles. The molecule has 0 saturated carbocycles. The van der Waals surface area contributed by atoms with E-state index in [4.69, 9.17) is 9.26 Å². The van der Waals surface area contributed by atoms with Gasteiger partial charge < -0.3 is 9.26 Å². The highest BCUT2D eigenvalue weighted by Gasteiger charge is 2.24. The number of rotatable bonds is 6. The lowest BCUT2D eigenvalue weighted by Crippen LogP contribution is -2.23. The first-order valence-corrected chi connectivity index (χ1v) is 9.72. The van der Waals surface area contributed by atoms with Crippen molar-refractivity contribution in [1.29, 1.82) is 0 Å². The molecule has 3 aromatic heterocycles. The molecule has 0 bridgehead atoms. The van der Waals surface area contributed by atoms with Crippen LogP contribution in [0.15, 0.2) is 27.4 Å². The van der Waals surface area contributed by atoms with Crippen LogP contribution in [0.5, 0.6) is 0 Å². The number of anilines is 1. The number of carbonyl (C=O) groups is 2. The average Bonchev–Trinajstić information content (AvgIpc) is 3.40. The number of aromatic nitrogens is 3. The minimum atomic E-state index is -0.439. The van der Waals surface area contributed by atoms with Gasteiger partial charge in [-0.3, -0.25) is 14.5 Å². The lowest BCUT2D eigenvalue weighted by molar-refractivity contribution is -0.145. The highest BCUT2D eigenvalue weighted by atomic mass is 32.1. The fourth-order valence-electron chi connectivity index (χ4n) is 2.51. The standard InChI is InChI=1S/C16H14N4O4S2/c21-13-4-1-5-20(13)16-17-10(9-26-16)7-14(22)23-8-12-18-15(19-24-12)11-3-2-6-25-11/h2-3,6,9H,1,4-5,7-8H2. The second-order valence-electron chi connectivity index (χ2n) is 5.60. The van der Waals surface area contributed by atoms with Crippen molar-refractivity contribution >= 4 is 39.7 Å². The van der Waals surface area contributed by atoms with Gasteiger partial charge in [0.15, 0.2) is 11.7 Å². The highest BCUT2D eigenvalue weighted by molar-refractivity contribution is 7.14. The van der Waals surface area contributed by atoms with Crippen LogP contribution in [-0.2, 0) is 27.4 Å². The van der Waals surface area contributed by atoms with Crippen LogP contribution in [0, 0.1) is 0 Å². The summed E-state index contributed by atoms with van der Waals surface area (Å²) in [4.78, 5) is 34.8. The Morgan fingerprint density at radius 1 is 1.35 bits per heavy atom. The molecule has 0 radical (unpaired) electrons. The van der Waals surface area contributed by atoms with Crippen molar-refractivity contribution in [3.8, 4) is 10.7 Å². The summed E-state index contributed by atoms with van der Waals surface area (Å²) in [6.07, 6.45) is 1.42. The van der Waals surface area contributed by atoms with Crippen LogP contribution >= 0.6 is 22.7 Å². The third kappa shape index (κ3) is 3.65. The van der Waals surface area contributed by atoms with Crippen LogP contribution in [-0.4, -0.2) is 33.5 Å². The van der Waals surface area contributed by atoms with Gasteiger partial charge in [0.25, 0.3) is 5.89 Å². The van der Waals surface area contributed by atoms with Gasteiger partial charge >= 0.3 is 5.97 Å². The molecule has 1 aliphatic rings. The van der Waals surface area contributed by atoms with Gasteiger partial charge in [-0.2, -0.15) is 4.98 Å². The fourth-order valence-corrected chi connectivity index (χ4v) is 4.03. The van der Waals surface area contributed by atoms with E-state index >= 15 is 0 Å². The summed E-state index contributed by atoms with van der Waals surface area (Å²) in [6, 6.07) is 3.78. The number of nitrogens with zero attached hydrogens (tertiary/aromatic N) is 4. The maximum absolute atomic E-state index is 12.0. The van der Waals surface area contributed by atoms with E-state index in [1.807, 2.05) is 17.5 Å². The van der Waals surface area contributed by atoms with Gasteiger partial charge in [0.1, 0.15) is 0 Å². The van der Waals surface area contributed by atoms with Crippen molar-refractivity contribution in [2.75, 3.05) is 11.4 Å². The summed E-state index contributed by atoms with van der Waals surface area (Å²) in [5.74, 6) is 0.353. The summed E-state index contributed by atoms with van der Waals surface area (Å²) in [5, 5.41) is 8.18. The highest BCUT2D eigenvalue weighted by Crippen LogP contribution is 2.25. The Labute approximate surface area is 156 Å². The molecule has 1 saturated heterocycles. The zero-order valence-corrected chi connectivity index (χ0v) is 15.2. The zero-order valence-electron chi connectivity index (χ0n) is 13.6. The molecule has 134 valence electrons. The molecule has 8 nitrogen and oxygen atoms in total. The second kappa shape index (κ2) is 7.34. The van der Waals surface area contributed by atoms with E-state index in [-0.39, 0.29) is 24.8 Å². The molecule has 0 atom stereocenters. The van der Waals surface area contributed by atoms with Crippen molar-refractivity contribution in [3.05, 3.63) is 34.5 Å². The van der Waals surface area contributed by atoms with Gasteiger partial charge in [0, 0.05) is 18.3 Å². The Morgan fingerprint density at radius 2 is 2.27 bits per heavy atom. The molecule has 4 heterocycles. The maximum Gasteiger partial charge on any atom is 0.312 e. The minimum Gasteiger partial charge on any atom is -0.455 e. The average molecular weight is 390 g/mol. The number of thiophene rings is 1. The molecule has 1 fully saturated rings. The summed E-state index contributed by atoms with van der Waals surface area (Å²) in [6.45, 7) is 0.596. The van der Waals surface area contributed by atoms with Gasteiger partial charge in [0.05, 0.1) is 17.0 Å². The van der Waals surface area contributed by atoms with Crippen molar-refractivity contribution in [3.63, 3.8) is 0 Å². The second-order valence-corrected chi connectivity index (χ2v) is 7.38. The predicted molar refractivity (Wildman–Crippen MR) is 94.8 cm³/mol. The van der Waals surface area contributed by atoms with Crippen molar-refractivity contribution in [1.82, 2.24) is 15.1 Å². The van der Waals surface area contributed by atoms with Gasteiger partial charge in [0.2, 0.25) is 11.7 Å². The number of carbonyl (C=O) groups excluding carboxylic acids is 2. The Hall–Kier alpha value is -2.59. The van der Waals surface area contributed by atoms with Crippen molar-refractivity contribution in [2.45, 2.75) is 25.9 Å². The van der Waals surface area contributed by atoms with Gasteiger partial charge in [-0.1, -0.05) is 11.2 Å². The lowest BCUT2D eigenvalue weighted by Gasteiger charge is -2.10. The molecule has 10 heteroatoms. The molecule has 4 rings (SSSR count). The predicted octanol–water partition coefficient (Wildman–Crippen LogP) is 2.67. The normalized spacial score (nSPS) is 14.2. The third-order valence-corrected chi connectivity index (χ3v) is 5.51. The van der Waals surface area contributed by atoms with Crippen LogP contribution in [0.4, 0.5) is 5.13 Å². The Morgan fingerprint density at radius 3 is 3.04 bits per heavy atom. The molecule has 0 unspecified atom stereocenters. The molecule has 1 aliphatic heterocycles. The van der Waals surface area contributed by atoms with E-state index in [1.54, 1.807) is 10.3 Å². The van der Waals surface area contributed by atoms with Crippen LogP contribution in [0.3, 0.4) is 0 Å². The molecule has 3 aromatic rings. The number of ether oxygens (including phenoxy) is 1. The molecular formula is C16H14N4O4S2. The molecule has 0 aromatic carbocycles. The summed E-state index contributed by atoms with van der Waals surface area (Å²) < 4.78 is 10.3. The van der Waals surface area contributed by atoms with Gasteiger partial charge in [-0.15, -0.1) is 22.7 Å². The number of hydrogen-bond acceptors (Lipinski definition) is 9. The summed E-state index contributed by atoms with van der Waals surface area (Å²) >= 11 is 2.86. The monoisotopic (exact) mass is 390 g/mol. The molecule has 0 spiro atoms. The molecule has 0 N–H and O–H groups in total. The van der Waals surface area contributed by atoms with Gasteiger partial charge in [-0.25, -0.2) is 4.98 Å². The largest absolute Gasteiger partial charge is 0.455 e.